The molecule has 1 saturated heterocycles. The molecule has 0 spiro atoms. The second-order valence-corrected chi connectivity index (χ2v) is 2.89. The molecule has 3 heteroatoms. The molecular formula is C6H14BNO. The highest BCUT2D eigenvalue weighted by molar-refractivity contribution is 6.08. The molecule has 0 bridgehead atoms. The van der Waals surface area contributed by atoms with Gasteiger partial charge in [0, 0.05) is 12.6 Å². The van der Waals surface area contributed by atoms with Crippen LogP contribution in [0.5, 0.6) is 0 Å². The molecule has 2 nitrogen and oxygen atoms in total. The summed E-state index contributed by atoms with van der Waals surface area (Å²) in [4.78, 5) is 2.23. The lowest BCUT2D eigenvalue weighted by Gasteiger charge is -2.15. The Morgan fingerprint density at radius 3 is 2.67 bits per heavy atom. The molecule has 52 valence electrons. The average Bonchev–Trinajstić information content (AvgIpc) is 2.10. The van der Waals surface area contributed by atoms with Gasteiger partial charge in [0.2, 0.25) is 0 Å². The molecule has 0 amide bonds. The van der Waals surface area contributed by atoms with Crippen LogP contribution in [0.15, 0.2) is 0 Å². The Kier molecular flexibility index (Phi) is 2.14. The Morgan fingerprint density at radius 2 is 2.44 bits per heavy atom. The highest BCUT2D eigenvalue weighted by Crippen LogP contribution is 2.17. The summed E-state index contributed by atoms with van der Waals surface area (Å²) in [6.45, 7) is 0.860. The van der Waals surface area contributed by atoms with Crippen LogP contribution in [0.3, 0.4) is 0 Å². The second-order valence-electron chi connectivity index (χ2n) is 2.89. The lowest BCUT2D eigenvalue weighted by molar-refractivity contribution is 0.182. The van der Waals surface area contributed by atoms with Gasteiger partial charge in [0.25, 0.3) is 0 Å². The van der Waals surface area contributed by atoms with Crippen molar-refractivity contribution in [3.63, 3.8) is 0 Å². The van der Waals surface area contributed by atoms with Crippen LogP contribution >= 0.6 is 0 Å². The van der Waals surface area contributed by atoms with Crippen LogP contribution < -0.4 is 0 Å². The van der Waals surface area contributed by atoms with Crippen LogP contribution in [-0.2, 0) is 0 Å². The summed E-state index contributed by atoms with van der Waals surface area (Å²) in [5, 5.41) is 9.16. The Labute approximate surface area is 57.3 Å². The van der Waals surface area contributed by atoms with E-state index in [9.17, 15) is 0 Å². The molecule has 1 fully saturated rings. The van der Waals surface area contributed by atoms with Crippen molar-refractivity contribution in [3.8, 4) is 0 Å². The van der Waals surface area contributed by atoms with Crippen LogP contribution in [0.1, 0.15) is 6.42 Å². The number of nitrogens with zero attached hydrogens (tertiary/aromatic N) is 1. The van der Waals surface area contributed by atoms with Gasteiger partial charge in [-0.3, -0.25) is 0 Å². The van der Waals surface area contributed by atoms with Gasteiger partial charge >= 0.3 is 0 Å². The number of aliphatic hydroxyl groups excluding tert-OH is 1. The molecule has 1 aliphatic heterocycles. The van der Waals surface area contributed by atoms with Gasteiger partial charge in [0.15, 0.2) is 0 Å². The van der Waals surface area contributed by atoms with Crippen molar-refractivity contribution in [2.24, 2.45) is 0 Å². The van der Waals surface area contributed by atoms with E-state index in [0.717, 1.165) is 19.3 Å². The van der Waals surface area contributed by atoms with E-state index >= 15 is 0 Å². The van der Waals surface area contributed by atoms with Crippen LogP contribution in [0.4, 0.5) is 0 Å². The first kappa shape index (κ1) is 7.10. The molecule has 2 atom stereocenters. The first-order chi connectivity index (χ1) is 4.24. The predicted octanol–water partition coefficient (Wildman–Crippen LogP) is -0.897. The maximum atomic E-state index is 9.16. The number of hydrogen-bond donors (Lipinski definition) is 1. The summed E-state index contributed by atoms with van der Waals surface area (Å²) in [5.74, 6) is 0. The number of rotatable bonds is 1. The fraction of sp³-hybridized carbons (Fsp3) is 1.00. The first-order valence-corrected chi connectivity index (χ1v) is 3.62. The zero-order valence-electron chi connectivity index (χ0n) is 6.17. The number of β-amino-alcohol motifs (C(OH)–C–C–N with tert-alkyl or cyclic N) is 1. The summed E-state index contributed by atoms with van der Waals surface area (Å²) in [7, 11) is 4.24. The summed E-state index contributed by atoms with van der Waals surface area (Å²) in [6, 6.07) is 0.625. The lowest BCUT2D eigenvalue weighted by atomic mass is 9.95. The molecule has 0 aromatic rings. The summed E-state index contributed by atoms with van der Waals surface area (Å²) in [5.41, 5.74) is 0. The van der Waals surface area contributed by atoms with Crippen molar-refractivity contribution in [1.29, 1.82) is 0 Å². The van der Waals surface area contributed by atoms with Gasteiger partial charge in [-0.15, -0.1) is 0 Å². The Hall–Kier alpha value is -0.0151. The third kappa shape index (κ3) is 1.46. The van der Waals surface area contributed by atoms with Gasteiger partial charge in [-0.25, -0.2) is 0 Å². The van der Waals surface area contributed by atoms with E-state index in [1.807, 2.05) is 0 Å². The summed E-state index contributed by atoms with van der Waals surface area (Å²) >= 11 is 0. The zero-order valence-corrected chi connectivity index (χ0v) is 6.17. The molecule has 0 saturated carbocycles. The molecule has 2 unspecified atom stereocenters. The molecule has 1 rings (SSSR count). The van der Waals surface area contributed by atoms with Crippen molar-refractivity contribution >= 4 is 7.85 Å². The van der Waals surface area contributed by atoms with Crippen molar-refractivity contribution < 1.29 is 5.11 Å². The molecule has 1 aliphatic rings. The Bertz CT molecular complexity index is 99.1. The highest BCUT2D eigenvalue weighted by Gasteiger charge is 2.25. The lowest BCUT2D eigenvalue weighted by Crippen LogP contribution is -2.24. The maximum Gasteiger partial charge on any atom is 0.103 e. The third-order valence-electron chi connectivity index (χ3n) is 2.14. The van der Waals surface area contributed by atoms with Crippen LogP contribution in [-0.4, -0.2) is 43.6 Å². The minimum absolute atomic E-state index is 0.0695. The normalized spacial score (nSPS) is 37.6. The smallest absolute Gasteiger partial charge is 0.103 e. The largest absolute Gasteiger partial charge is 0.392 e. The summed E-state index contributed by atoms with van der Waals surface area (Å²) in [6.07, 6.45) is 2.06. The van der Waals surface area contributed by atoms with Gasteiger partial charge in [0.1, 0.15) is 7.85 Å². The van der Waals surface area contributed by atoms with E-state index in [0.29, 0.717) is 6.04 Å². The van der Waals surface area contributed by atoms with Gasteiger partial charge in [-0.05, 0) is 13.5 Å². The van der Waals surface area contributed by atoms with Crippen LogP contribution in [0.2, 0.25) is 6.32 Å². The van der Waals surface area contributed by atoms with Gasteiger partial charge in [0.05, 0.1) is 6.10 Å². The maximum absolute atomic E-state index is 9.16. The van der Waals surface area contributed by atoms with Gasteiger partial charge in [-0.1, -0.05) is 6.32 Å². The van der Waals surface area contributed by atoms with E-state index < -0.39 is 0 Å². The van der Waals surface area contributed by atoms with E-state index in [2.05, 4.69) is 19.8 Å². The second kappa shape index (κ2) is 2.71. The van der Waals surface area contributed by atoms with E-state index in [-0.39, 0.29) is 6.10 Å². The fourth-order valence-electron chi connectivity index (χ4n) is 1.53. The van der Waals surface area contributed by atoms with E-state index in [1.165, 1.54) is 0 Å². The SMILES string of the molecule is BCC1CC(O)CN1C. The minimum Gasteiger partial charge on any atom is -0.392 e. The van der Waals surface area contributed by atoms with Crippen LogP contribution in [0.25, 0.3) is 0 Å². The molecular weight excluding hydrogens is 113 g/mol. The molecule has 0 aliphatic carbocycles. The number of likely N-dealkylation sites (N-methyl/N-ethyl adjacent to an activating group) is 1. The standard InChI is InChI=1S/C6H14BNO/c1-8-4-6(9)2-5(8)3-7/h5-6,9H,2-4,7H2,1H3. The van der Waals surface area contributed by atoms with E-state index in [4.69, 9.17) is 5.11 Å². The van der Waals surface area contributed by atoms with Crippen LogP contribution in [0, 0.1) is 0 Å². The van der Waals surface area contributed by atoms with Crippen molar-refractivity contribution in [3.05, 3.63) is 0 Å². The Balaban J connectivity index is 2.38. The quantitative estimate of drug-likeness (QED) is 0.461. The molecule has 0 aromatic heterocycles. The first-order valence-electron chi connectivity index (χ1n) is 3.62. The van der Waals surface area contributed by atoms with Gasteiger partial charge in [-0.2, -0.15) is 0 Å². The molecule has 0 radical (unpaired) electrons. The third-order valence-corrected chi connectivity index (χ3v) is 2.14. The molecule has 1 heterocycles. The van der Waals surface area contributed by atoms with Crippen molar-refractivity contribution in [2.75, 3.05) is 13.6 Å². The number of likely N-dealkylation sites (tertiary alicyclic amines) is 1. The Morgan fingerprint density at radius 1 is 1.78 bits per heavy atom. The molecule has 1 N–H and O–H groups in total. The topological polar surface area (TPSA) is 23.5 Å². The monoisotopic (exact) mass is 127 g/mol. The fourth-order valence-corrected chi connectivity index (χ4v) is 1.53. The minimum atomic E-state index is -0.0695. The molecule has 0 aromatic carbocycles. The summed E-state index contributed by atoms with van der Waals surface area (Å²) < 4.78 is 0. The zero-order chi connectivity index (χ0) is 6.85. The van der Waals surface area contributed by atoms with Crippen molar-refractivity contribution in [1.82, 2.24) is 4.90 Å². The predicted molar refractivity (Wildman–Crippen MR) is 40.4 cm³/mol. The highest BCUT2D eigenvalue weighted by atomic mass is 16.3. The van der Waals surface area contributed by atoms with E-state index in [1.54, 1.807) is 0 Å². The van der Waals surface area contributed by atoms with Crippen molar-refractivity contribution in [2.45, 2.75) is 24.9 Å². The number of hydrogen-bond acceptors (Lipinski definition) is 2. The van der Waals surface area contributed by atoms with Gasteiger partial charge < -0.3 is 10.0 Å². The average molecular weight is 127 g/mol. The number of aliphatic hydroxyl groups is 1. The molecule has 9 heavy (non-hydrogen) atoms.